The molecule has 306 valence electrons. The summed E-state index contributed by atoms with van der Waals surface area (Å²) in [6.45, 7) is 28.7. The van der Waals surface area contributed by atoms with E-state index in [1.165, 1.54) is 111 Å². The lowest BCUT2D eigenvalue weighted by Gasteiger charge is -2.45. The van der Waals surface area contributed by atoms with Gasteiger partial charge in [0.05, 0.1) is 0 Å². The van der Waals surface area contributed by atoms with Crippen LogP contribution in [0.25, 0.3) is 22.3 Å². The van der Waals surface area contributed by atoms with E-state index in [0.717, 1.165) is 0 Å². The predicted molar refractivity (Wildman–Crippen MR) is 271 cm³/mol. The zero-order chi connectivity index (χ0) is 43.4. The van der Waals surface area contributed by atoms with Gasteiger partial charge < -0.3 is 9.80 Å². The fourth-order valence-electron chi connectivity index (χ4n) is 11.4. The summed E-state index contributed by atoms with van der Waals surface area (Å²) in [7, 11) is 0. The molecule has 0 N–H and O–H groups in total. The van der Waals surface area contributed by atoms with Gasteiger partial charge in [-0.15, -0.1) is 0 Å². The van der Waals surface area contributed by atoms with Crippen LogP contribution in [0.4, 0.5) is 34.1 Å². The summed E-state index contributed by atoms with van der Waals surface area (Å²) in [6, 6.07) is 52.1. The SMILES string of the molecule is CC(C)(C)c1ccc(N2c3cc(C(C)(C)C)cc4c3B(c3ccc(C(C)(C)C)cc3-4)c3cc4c(c(C(C)(C)C)c32)B2c3ccccc3-c3cccc(c32)N4c2ccccc2)cc1. The van der Waals surface area contributed by atoms with Gasteiger partial charge in [-0.05, 0) is 130 Å². The third-order valence-electron chi connectivity index (χ3n) is 14.4. The van der Waals surface area contributed by atoms with Gasteiger partial charge in [0.1, 0.15) is 0 Å². The van der Waals surface area contributed by atoms with Crippen molar-refractivity contribution in [1.82, 2.24) is 0 Å². The molecule has 0 saturated heterocycles. The molecule has 0 spiro atoms. The lowest BCUT2D eigenvalue weighted by molar-refractivity contribution is 0.589. The van der Waals surface area contributed by atoms with Crippen molar-refractivity contribution in [3.05, 3.63) is 156 Å². The molecule has 4 heterocycles. The molecule has 4 aliphatic heterocycles. The minimum Gasteiger partial charge on any atom is -0.312 e. The van der Waals surface area contributed by atoms with E-state index in [2.05, 4.69) is 226 Å². The number of hydrogen-bond donors (Lipinski definition) is 0. The Bertz CT molecular complexity index is 3000. The highest BCUT2D eigenvalue weighted by atomic mass is 15.2. The molecule has 62 heavy (non-hydrogen) atoms. The Balaban J connectivity index is 1.33. The topological polar surface area (TPSA) is 6.48 Å². The lowest BCUT2D eigenvalue weighted by atomic mass is 9.33. The van der Waals surface area contributed by atoms with Crippen molar-refractivity contribution in [2.75, 3.05) is 9.80 Å². The van der Waals surface area contributed by atoms with Crippen LogP contribution in [0, 0.1) is 0 Å². The maximum Gasteiger partial charge on any atom is 0.248 e. The van der Waals surface area contributed by atoms with Crippen LogP contribution in [0.1, 0.15) is 105 Å². The Morgan fingerprint density at radius 1 is 0.339 bits per heavy atom. The standard InChI is InChI=1S/C58H58B2N2/c1-55(2,3)35-25-28-39(29-26-35)62-48-33-37(57(7,8)9)32-43-42-31-36(56(4,5)6)27-30-45(42)59(52(43)48)46-34-49-53(50(54(46)62)58(10,11)12)60-44-23-17-16-21-40(44)41-22-18-24-47(51(41)60)61(49)38-19-14-13-15-20-38/h13-34H,1-12H3. The average molecular weight is 805 g/mol. The Kier molecular flexibility index (Phi) is 8.15. The van der Waals surface area contributed by atoms with Crippen LogP contribution in [-0.4, -0.2) is 13.4 Å². The molecule has 11 rings (SSSR count). The second-order valence-electron chi connectivity index (χ2n) is 22.6. The number of nitrogens with zero attached hydrogens (tertiary/aromatic N) is 2. The van der Waals surface area contributed by atoms with Crippen molar-refractivity contribution in [3.8, 4) is 22.3 Å². The zero-order valence-corrected chi connectivity index (χ0v) is 38.8. The van der Waals surface area contributed by atoms with E-state index in [4.69, 9.17) is 0 Å². The highest BCUT2D eigenvalue weighted by Crippen LogP contribution is 2.50. The number of benzene rings is 7. The van der Waals surface area contributed by atoms with Crippen molar-refractivity contribution in [3.63, 3.8) is 0 Å². The molecular weight excluding hydrogens is 746 g/mol. The van der Waals surface area contributed by atoms with Crippen molar-refractivity contribution >= 4 is 80.3 Å². The van der Waals surface area contributed by atoms with Crippen LogP contribution in [0.15, 0.2) is 133 Å². The van der Waals surface area contributed by atoms with Gasteiger partial charge >= 0.3 is 0 Å². The molecule has 0 amide bonds. The van der Waals surface area contributed by atoms with Crippen LogP contribution in [-0.2, 0) is 21.7 Å². The molecule has 0 aromatic heterocycles. The fraction of sp³-hybridized carbons (Fsp3) is 0.276. The monoisotopic (exact) mass is 804 g/mol. The molecule has 0 atom stereocenters. The number of para-hydroxylation sites is 1. The van der Waals surface area contributed by atoms with E-state index in [0.29, 0.717) is 0 Å². The molecule has 0 saturated carbocycles. The van der Waals surface area contributed by atoms with E-state index < -0.39 is 0 Å². The summed E-state index contributed by atoms with van der Waals surface area (Å²) < 4.78 is 0. The molecule has 0 aliphatic carbocycles. The van der Waals surface area contributed by atoms with Crippen LogP contribution >= 0.6 is 0 Å². The number of anilines is 6. The summed E-state index contributed by atoms with van der Waals surface area (Å²) in [5.74, 6) is 0. The number of rotatable bonds is 2. The molecule has 0 unspecified atom stereocenters. The Hall–Kier alpha value is -5.73. The maximum atomic E-state index is 2.71. The molecule has 0 bridgehead atoms. The van der Waals surface area contributed by atoms with Crippen LogP contribution in [0.3, 0.4) is 0 Å². The average Bonchev–Trinajstić information content (AvgIpc) is 3.74. The smallest absolute Gasteiger partial charge is 0.248 e. The minimum absolute atomic E-state index is 0.0230. The second kappa shape index (κ2) is 12.9. The van der Waals surface area contributed by atoms with Gasteiger partial charge in [-0.3, -0.25) is 0 Å². The van der Waals surface area contributed by atoms with Gasteiger partial charge in [0.2, 0.25) is 13.4 Å². The van der Waals surface area contributed by atoms with Crippen molar-refractivity contribution in [2.24, 2.45) is 0 Å². The molecule has 7 aromatic carbocycles. The quantitative estimate of drug-likeness (QED) is 0.161. The summed E-state index contributed by atoms with van der Waals surface area (Å²) in [5.41, 5.74) is 26.9. The van der Waals surface area contributed by atoms with Crippen LogP contribution < -0.4 is 42.6 Å². The van der Waals surface area contributed by atoms with E-state index in [-0.39, 0.29) is 35.1 Å². The van der Waals surface area contributed by atoms with Crippen molar-refractivity contribution in [2.45, 2.75) is 105 Å². The Morgan fingerprint density at radius 3 is 1.58 bits per heavy atom. The van der Waals surface area contributed by atoms with E-state index in [9.17, 15) is 0 Å². The molecule has 4 heteroatoms. The van der Waals surface area contributed by atoms with Gasteiger partial charge in [0.15, 0.2) is 0 Å². The highest BCUT2D eigenvalue weighted by molar-refractivity contribution is 7.03. The van der Waals surface area contributed by atoms with Gasteiger partial charge in [-0.25, -0.2) is 0 Å². The van der Waals surface area contributed by atoms with Gasteiger partial charge in [0, 0.05) is 34.1 Å². The first-order valence-corrected chi connectivity index (χ1v) is 22.8. The fourth-order valence-corrected chi connectivity index (χ4v) is 11.4. The molecule has 0 radical (unpaired) electrons. The highest BCUT2D eigenvalue weighted by Gasteiger charge is 2.51. The van der Waals surface area contributed by atoms with E-state index >= 15 is 0 Å². The molecule has 0 fully saturated rings. The third-order valence-corrected chi connectivity index (χ3v) is 14.4. The first-order valence-electron chi connectivity index (χ1n) is 22.8. The Morgan fingerprint density at radius 2 is 0.903 bits per heavy atom. The van der Waals surface area contributed by atoms with E-state index in [1.54, 1.807) is 0 Å². The number of fused-ring (bicyclic) bond motifs is 10. The lowest BCUT2D eigenvalue weighted by Crippen LogP contribution is -2.61. The second-order valence-corrected chi connectivity index (χ2v) is 22.6. The normalized spacial score (nSPS) is 14.6. The largest absolute Gasteiger partial charge is 0.312 e. The van der Waals surface area contributed by atoms with Gasteiger partial charge in [-0.1, -0.05) is 185 Å². The van der Waals surface area contributed by atoms with E-state index in [1.807, 2.05) is 0 Å². The molecule has 7 aromatic rings. The summed E-state index contributed by atoms with van der Waals surface area (Å²) in [6.07, 6.45) is 0. The Labute approximate surface area is 371 Å². The van der Waals surface area contributed by atoms with Crippen molar-refractivity contribution in [1.29, 1.82) is 0 Å². The summed E-state index contributed by atoms with van der Waals surface area (Å²) in [5, 5.41) is 0. The summed E-state index contributed by atoms with van der Waals surface area (Å²) in [4.78, 5) is 5.31. The minimum atomic E-state index is -0.231. The zero-order valence-electron chi connectivity index (χ0n) is 38.8. The first-order chi connectivity index (χ1) is 29.3. The summed E-state index contributed by atoms with van der Waals surface area (Å²) >= 11 is 0. The van der Waals surface area contributed by atoms with Crippen LogP contribution in [0.2, 0.25) is 0 Å². The molecular formula is C58H58B2N2. The number of hydrogen-bond acceptors (Lipinski definition) is 2. The van der Waals surface area contributed by atoms with Gasteiger partial charge in [-0.2, -0.15) is 0 Å². The molecule has 2 nitrogen and oxygen atoms in total. The predicted octanol–water partition coefficient (Wildman–Crippen LogP) is 11.4. The van der Waals surface area contributed by atoms with Crippen molar-refractivity contribution < 1.29 is 0 Å². The maximum absolute atomic E-state index is 2.71. The third kappa shape index (κ3) is 5.57. The van der Waals surface area contributed by atoms with Crippen LogP contribution in [0.5, 0.6) is 0 Å². The molecule has 4 aliphatic rings. The first kappa shape index (κ1) is 39.1. The van der Waals surface area contributed by atoms with Gasteiger partial charge in [0.25, 0.3) is 0 Å².